The molecule has 0 atom stereocenters. The predicted octanol–water partition coefficient (Wildman–Crippen LogP) is 4.05. The Balaban J connectivity index is 2.86. The van der Waals surface area contributed by atoms with Crippen LogP contribution in [-0.4, -0.2) is 24.9 Å². The average molecular weight is 365 g/mol. The first-order valence-electron chi connectivity index (χ1n) is 8.83. The van der Waals surface area contributed by atoms with Crippen molar-refractivity contribution in [3.63, 3.8) is 0 Å². The molecule has 2 amide bonds. The van der Waals surface area contributed by atoms with E-state index in [1.165, 1.54) is 0 Å². The topological polar surface area (TPSA) is 58.2 Å². The van der Waals surface area contributed by atoms with Gasteiger partial charge in [-0.15, -0.1) is 0 Å². The number of halogens is 1. The Morgan fingerprint density at radius 2 is 1.36 bits per heavy atom. The summed E-state index contributed by atoms with van der Waals surface area (Å²) in [5.74, 6) is 0.281. The largest absolute Gasteiger partial charge is 0.352 e. The second-order valence-electron chi connectivity index (χ2n) is 6.99. The van der Waals surface area contributed by atoms with Crippen LogP contribution >= 0.6 is 11.6 Å². The van der Waals surface area contributed by atoms with Crippen molar-refractivity contribution in [1.29, 1.82) is 0 Å². The number of amides is 2. The lowest BCUT2D eigenvalue weighted by Gasteiger charge is -2.12. The van der Waals surface area contributed by atoms with E-state index < -0.39 is 0 Å². The zero-order chi connectivity index (χ0) is 18.8. The first-order chi connectivity index (χ1) is 11.8. The third-order valence-corrected chi connectivity index (χ3v) is 3.94. The highest BCUT2D eigenvalue weighted by atomic mass is 35.5. The van der Waals surface area contributed by atoms with Crippen molar-refractivity contribution in [2.75, 3.05) is 13.1 Å². The highest BCUT2D eigenvalue weighted by Gasteiger charge is 2.18. The van der Waals surface area contributed by atoms with Gasteiger partial charge in [0.15, 0.2) is 0 Å². The summed E-state index contributed by atoms with van der Waals surface area (Å²) in [5.41, 5.74) is 0.882. The molecule has 4 nitrogen and oxygen atoms in total. The van der Waals surface area contributed by atoms with Gasteiger partial charge in [0.25, 0.3) is 11.8 Å². The second kappa shape index (κ2) is 10.9. The van der Waals surface area contributed by atoms with Crippen LogP contribution in [0.4, 0.5) is 0 Å². The van der Waals surface area contributed by atoms with Gasteiger partial charge in [-0.3, -0.25) is 9.59 Å². The van der Waals surface area contributed by atoms with Crippen molar-refractivity contribution in [2.24, 2.45) is 11.8 Å². The van der Waals surface area contributed by atoms with Crippen LogP contribution in [0.25, 0.3) is 6.08 Å². The lowest BCUT2D eigenvalue weighted by atomic mass is 10.1. The van der Waals surface area contributed by atoms with E-state index in [-0.39, 0.29) is 17.4 Å². The summed E-state index contributed by atoms with van der Waals surface area (Å²) in [7, 11) is 0. The minimum atomic E-state index is -0.349. The molecule has 0 aliphatic rings. The molecule has 0 aromatic heterocycles. The first-order valence-corrected chi connectivity index (χ1v) is 9.21. The maximum atomic E-state index is 12.5. The van der Waals surface area contributed by atoms with Crippen LogP contribution in [0.3, 0.4) is 0 Å². The van der Waals surface area contributed by atoms with E-state index in [4.69, 9.17) is 11.6 Å². The molecule has 0 heterocycles. The number of hydrogen-bond donors (Lipinski definition) is 2. The number of rotatable bonds is 9. The van der Waals surface area contributed by atoms with Gasteiger partial charge in [-0.25, -0.2) is 0 Å². The van der Waals surface area contributed by atoms with E-state index >= 15 is 0 Å². The molecule has 0 spiro atoms. The number of hydrogen-bond acceptors (Lipinski definition) is 2. The molecule has 138 valence electrons. The molecule has 0 aliphatic heterocycles. The molecule has 2 N–H and O–H groups in total. The van der Waals surface area contributed by atoms with E-state index in [9.17, 15) is 9.59 Å². The molecule has 0 radical (unpaired) electrons. The van der Waals surface area contributed by atoms with E-state index in [0.717, 1.165) is 18.4 Å². The molecule has 0 unspecified atom stereocenters. The summed E-state index contributed by atoms with van der Waals surface area (Å²) in [6.45, 7) is 9.47. The number of benzene rings is 1. The summed E-state index contributed by atoms with van der Waals surface area (Å²) in [5, 5.41) is 6.28. The molecule has 0 aliphatic carbocycles. The van der Waals surface area contributed by atoms with E-state index in [1.807, 2.05) is 0 Å². The van der Waals surface area contributed by atoms with Gasteiger partial charge < -0.3 is 10.6 Å². The molecule has 0 bridgehead atoms. The fraction of sp³-hybridized carbons (Fsp3) is 0.500. The van der Waals surface area contributed by atoms with E-state index in [1.54, 1.807) is 30.3 Å². The lowest BCUT2D eigenvalue weighted by Crippen LogP contribution is -2.36. The zero-order valence-corrected chi connectivity index (χ0v) is 16.3. The summed E-state index contributed by atoms with van der Waals surface area (Å²) < 4.78 is 0. The van der Waals surface area contributed by atoms with Crippen molar-refractivity contribution >= 4 is 29.5 Å². The van der Waals surface area contributed by atoms with Crippen LogP contribution in [0, 0.1) is 11.8 Å². The average Bonchev–Trinajstić information content (AvgIpc) is 2.53. The van der Waals surface area contributed by atoms with Gasteiger partial charge in [-0.1, -0.05) is 51.4 Å². The van der Waals surface area contributed by atoms with Gasteiger partial charge >= 0.3 is 0 Å². The normalized spacial score (nSPS) is 10.7. The van der Waals surface area contributed by atoms with Crippen LogP contribution in [0.2, 0.25) is 5.02 Å². The molecule has 25 heavy (non-hydrogen) atoms. The van der Waals surface area contributed by atoms with Gasteiger partial charge in [-0.2, -0.15) is 0 Å². The van der Waals surface area contributed by atoms with E-state index in [2.05, 4.69) is 38.3 Å². The van der Waals surface area contributed by atoms with Gasteiger partial charge in [0.05, 0.1) is 0 Å². The third-order valence-electron chi connectivity index (χ3n) is 3.68. The van der Waals surface area contributed by atoms with Crippen molar-refractivity contribution in [1.82, 2.24) is 10.6 Å². The van der Waals surface area contributed by atoms with Gasteiger partial charge in [-0.05, 0) is 48.4 Å². The molecular formula is C20H29ClN2O2. The van der Waals surface area contributed by atoms with Crippen molar-refractivity contribution in [3.8, 4) is 0 Å². The maximum Gasteiger partial charge on any atom is 0.256 e. The second-order valence-corrected chi connectivity index (χ2v) is 7.42. The highest BCUT2D eigenvalue weighted by molar-refractivity contribution is 6.30. The predicted molar refractivity (Wildman–Crippen MR) is 104 cm³/mol. The Kier molecular flexibility index (Phi) is 9.28. The quantitative estimate of drug-likeness (QED) is 0.394. The van der Waals surface area contributed by atoms with E-state index in [0.29, 0.717) is 29.9 Å². The smallest absolute Gasteiger partial charge is 0.256 e. The minimum absolute atomic E-state index is 0.120. The summed E-state index contributed by atoms with van der Waals surface area (Å²) >= 11 is 5.89. The van der Waals surface area contributed by atoms with Crippen LogP contribution in [0.15, 0.2) is 29.8 Å². The Hall–Kier alpha value is -1.81. The first kappa shape index (κ1) is 21.2. The fourth-order valence-electron chi connectivity index (χ4n) is 2.10. The molecule has 1 aromatic rings. The summed E-state index contributed by atoms with van der Waals surface area (Å²) in [4.78, 5) is 24.9. The maximum absolute atomic E-state index is 12.5. The lowest BCUT2D eigenvalue weighted by molar-refractivity contribution is -0.123. The van der Waals surface area contributed by atoms with Gasteiger partial charge in [0, 0.05) is 18.1 Å². The standard InChI is InChI=1S/C20H29ClN2O2/c1-14(2)9-11-22-19(24)18(20(25)23-12-10-15(3)4)13-16-5-7-17(21)8-6-16/h5-8,13-15H,9-12H2,1-4H3,(H,22,24)(H,23,25). The molecule has 5 heteroatoms. The molecule has 1 aromatic carbocycles. The van der Waals surface area contributed by atoms with Gasteiger partial charge in [0.1, 0.15) is 5.57 Å². The van der Waals surface area contributed by atoms with Crippen LogP contribution < -0.4 is 10.6 Å². The zero-order valence-electron chi connectivity index (χ0n) is 15.6. The van der Waals surface area contributed by atoms with Gasteiger partial charge in [0.2, 0.25) is 0 Å². The Labute approximate surface area is 156 Å². The SMILES string of the molecule is CC(C)CCNC(=O)C(=Cc1ccc(Cl)cc1)C(=O)NCCC(C)C. The number of nitrogens with one attached hydrogen (secondary N) is 2. The number of carbonyl (C=O) groups excluding carboxylic acids is 2. The van der Waals surface area contributed by atoms with Crippen molar-refractivity contribution in [2.45, 2.75) is 40.5 Å². The fourth-order valence-corrected chi connectivity index (χ4v) is 2.23. The Morgan fingerprint density at radius 3 is 1.76 bits per heavy atom. The van der Waals surface area contributed by atoms with Crippen LogP contribution in [0.1, 0.15) is 46.1 Å². The molecular weight excluding hydrogens is 336 g/mol. The monoisotopic (exact) mass is 364 g/mol. The Bertz CT molecular complexity index is 564. The molecule has 0 saturated carbocycles. The molecule has 0 saturated heterocycles. The van der Waals surface area contributed by atoms with Crippen LogP contribution in [0.5, 0.6) is 0 Å². The van der Waals surface area contributed by atoms with Crippen LogP contribution in [-0.2, 0) is 9.59 Å². The van der Waals surface area contributed by atoms with Crippen molar-refractivity contribution < 1.29 is 9.59 Å². The summed E-state index contributed by atoms with van der Waals surface area (Å²) in [6.07, 6.45) is 3.34. The third kappa shape index (κ3) is 8.73. The Morgan fingerprint density at radius 1 is 0.920 bits per heavy atom. The summed E-state index contributed by atoms with van der Waals surface area (Å²) in [6, 6.07) is 7.03. The minimum Gasteiger partial charge on any atom is -0.352 e. The number of carbonyl (C=O) groups is 2. The molecule has 1 rings (SSSR count). The highest BCUT2D eigenvalue weighted by Crippen LogP contribution is 2.13. The van der Waals surface area contributed by atoms with Crippen molar-refractivity contribution in [3.05, 3.63) is 40.4 Å². The molecule has 0 fully saturated rings.